The Morgan fingerprint density at radius 1 is 0.469 bits per heavy atom. The molecule has 0 saturated heterocycles. The zero-order chi connectivity index (χ0) is 35.1. The molecular formula is C46H85NO2. The summed E-state index contributed by atoms with van der Waals surface area (Å²) in [6.07, 6.45) is 55.4. The highest BCUT2D eigenvalue weighted by atomic mass is 16.5. The molecule has 0 fully saturated rings. The van der Waals surface area contributed by atoms with Gasteiger partial charge >= 0.3 is 0 Å². The fourth-order valence-electron chi connectivity index (χ4n) is 6.84. The van der Waals surface area contributed by atoms with E-state index in [0.29, 0.717) is 5.92 Å². The van der Waals surface area contributed by atoms with E-state index in [-0.39, 0.29) is 0 Å². The predicted octanol–water partition coefficient (Wildman–Crippen LogP) is 14.1. The van der Waals surface area contributed by atoms with Crippen molar-refractivity contribution in [2.24, 2.45) is 5.92 Å². The van der Waals surface area contributed by atoms with Gasteiger partial charge in [-0.2, -0.15) is 0 Å². The third kappa shape index (κ3) is 36.4. The molecule has 0 radical (unpaired) electrons. The minimum absolute atomic E-state index is 0.471. The van der Waals surface area contributed by atoms with Gasteiger partial charge in [-0.1, -0.05) is 157 Å². The maximum atomic E-state index is 6.11. The lowest BCUT2D eigenvalue weighted by Crippen LogP contribution is -2.29. The Hall–Kier alpha value is -1.16. The fraction of sp³-hybridized carbons (Fsp3) is 0.826. The van der Waals surface area contributed by atoms with Crippen LogP contribution < -0.4 is 0 Å². The molecule has 0 spiro atoms. The van der Waals surface area contributed by atoms with Crippen molar-refractivity contribution >= 4 is 0 Å². The van der Waals surface area contributed by atoms with Gasteiger partial charge in [0.05, 0.1) is 13.2 Å². The first-order valence-corrected chi connectivity index (χ1v) is 21.6. The molecule has 1 rings (SSSR count). The monoisotopic (exact) mass is 684 g/mol. The van der Waals surface area contributed by atoms with Gasteiger partial charge in [0.2, 0.25) is 0 Å². The molecule has 49 heavy (non-hydrogen) atoms. The van der Waals surface area contributed by atoms with Crippen LogP contribution in [-0.2, 0) is 9.47 Å². The summed E-state index contributed by atoms with van der Waals surface area (Å²) < 4.78 is 12.2. The summed E-state index contributed by atoms with van der Waals surface area (Å²) in [4.78, 5) is 2.27. The van der Waals surface area contributed by atoms with E-state index >= 15 is 0 Å². The van der Waals surface area contributed by atoms with Gasteiger partial charge in [-0.15, -0.1) is 0 Å². The highest BCUT2D eigenvalue weighted by molar-refractivity contribution is 5.04. The number of allylic oxidation sites excluding steroid dienone is 8. The molecule has 0 saturated carbocycles. The van der Waals surface area contributed by atoms with Crippen LogP contribution in [0.2, 0.25) is 0 Å². The largest absolute Gasteiger partial charge is 0.381 e. The lowest BCUT2D eigenvalue weighted by atomic mass is 10.1. The Balaban J connectivity index is 2.28. The highest BCUT2D eigenvalue weighted by Crippen LogP contribution is 2.14. The standard InChI is InChI=1S/C46H85NO2/c1-45-38-34-30-26-22-20-18-16-14-12-10-8-6-4-5-7-9-11-13-15-17-19-21-24-28-32-36-40-48-43-46(42-47(2)3)44-49-41-37-33-29-25-23-27-31-35-39-45/h4-5,9,11,30,34,39,46H,6-8,10,12-29,31-33,35-38,40-44H2,1-3H3/b5-4-,11-9-,34-30-,45-39-. The smallest absolute Gasteiger partial charge is 0.0528 e. The SMILES string of the molecule is C/C1=C/CCCCCCCCCOCC(CN(C)C)COCCCCCCCCCC/C=C\C/C=C\CCCCCCCCCC/C=C\C1. The zero-order valence-electron chi connectivity index (χ0n) is 33.4. The molecule has 1 heterocycles. The van der Waals surface area contributed by atoms with Crippen LogP contribution in [0.25, 0.3) is 0 Å². The van der Waals surface area contributed by atoms with Crippen molar-refractivity contribution in [3.05, 3.63) is 48.1 Å². The first-order valence-electron chi connectivity index (χ1n) is 21.6. The van der Waals surface area contributed by atoms with E-state index < -0.39 is 0 Å². The number of rotatable bonds is 2. The van der Waals surface area contributed by atoms with Gasteiger partial charge in [0, 0.05) is 25.7 Å². The van der Waals surface area contributed by atoms with Crippen molar-refractivity contribution in [3.8, 4) is 0 Å². The van der Waals surface area contributed by atoms with Crippen molar-refractivity contribution in [2.45, 2.75) is 193 Å². The van der Waals surface area contributed by atoms with Gasteiger partial charge in [-0.05, 0) is 98.1 Å². The second kappa shape index (κ2) is 38.1. The Kier molecular flexibility index (Phi) is 35.6. The van der Waals surface area contributed by atoms with E-state index in [1.165, 1.54) is 173 Å². The van der Waals surface area contributed by atoms with E-state index in [1.807, 2.05) is 0 Å². The van der Waals surface area contributed by atoms with Gasteiger partial charge < -0.3 is 14.4 Å². The van der Waals surface area contributed by atoms with Gasteiger partial charge in [-0.3, -0.25) is 0 Å². The van der Waals surface area contributed by atoms with E-state index in [1.54, 1.807) is 5.57 Å². The molecule has 3 heteroatoms. The summed E-state index contributed by atoms with van der Waals surface area (Å²) >= 11 is 0. The Morgan fingerprint density at radius 2 is 0.837 bits per heavy atom. The molecule has 0 aromatic rings. The van der Waals surface area contributed by atoms with Gasteiger partial charge in [-0.25, -0.2) is 0 Å². The lowest BCUT2D eigenvalue weighted by molar-refractivity contribution is 0.0275. The fourth-order valence-corrected chi connectivity index (χ4v) is 6.84. The zero-order valence-corrected chi connectivity index (χ0v) is 33.4. The average Bonchev–Trinajstić information content (AvgIpc) is 3.08. The molecule has 3 nitrogen and oxygen atoms in total. The van der Waals surface area contributed by atoms with E-state index in [2.05, 4.69) is 68.5 Å². The van der Waals surface area contributed by atoms with Crippen molar-refractivity contribution in [3.63, 3.8) is 0 Å². The molecule has 1 unspecified atom stereocenters. The summed E-state index contributed by atoms with van der Waals surface area (Å²) in [5.74, 6) is 0.471. The summed E-state index contributed by atoms with van der Waals surface area (Å²) in [6.45, 7) is 6.80. The second-order valence-electron chi connectivity index (χ2n) is 15.5. The summed E-state index contributed by atoms with van der Waals surface area (Å²) in [7, 11) is 4.32. The Bertz CT molecular complexity index is 782. The van der Waals surface area contributed by atoms with Crippen molar-refractivity contribution in [1.82, 2.24) is 4.90 Å². The summed E-state index contributed by atoms with van der Waals surface area (Å²) in [6, 6.07) is 0. The quantitative estimate of drug-likeness (QED) is 0.270. The van der Waals surface area contributed by atoms with Crippen molar-refractivity contribution in [2.75, 3.05) is 47.1 Å². The average molecular weight is 684 g/mol. The van der Waals surface area contributed by atoms with E-state index in [0.717, 1.165) is 45.8 Å². The van der Waals surface area contributed by atoms with Crippen LogP contribution in [0, 0.1) is 5.92 Å². The third-order valence-corrected chi connectivity index (χ3v) is 9.93. The number of ether oxygens (including phenoxy) is 2. The van der Waals surface area contributed by atoms with E-state index in [9.17, 15) is 0 Å². The minimum atomic E-state index is 0.471. The third-order valence-electron chi connectivity index (χ3n) is 9.93. The topological polar surface area (TPSA) is 21.7 Å². The number of nitrogens with zero attached hydrogens (tertiary/aromatic N) is 1. The minimum Gasteiger partial charge on any atom is -0.381 e. The molecule has 286 valence electrons. The lowest BCUT2D eigenvalue weighted by Gasteiger charge is -2.21. The molecule has 0 aromatic carbocycles. The van der Waals surface area contributed by atoms with Gasteiger partial charge in [0.1, 0.15) is 0 Å². The molecule has 0 amide bonds. The molecule has 0 N–H and O–H groups in total. The van der Waals surface area contributed by atoms with Crippen LogP contribution in [0.5, 0.6) is 0 Å². The van der Waals surface area contributed by atoms with E-state index in [4.69, 9.17) is 9.47 Å². The maximum Gasteiger partial charge on any atom is 0.0528 e. The first kappa shape index (κ1) is 45.9. The number of hydrogen-bond acceptors (Lipinski definition) is 3. The maximum absolute atomic E-state index is 6.11. The van der Waals surface area contributed by atoms with Crippen molar-refractivity contribution < 1.29 is 9.47 Å². The summed E-state index contributed by atoms with van der Waals surface area (Å²) in [5, 5.41) is 0. The normalized spacial score (nSPS) is 26.4. The summed E-state index contributed by atoms with van der Waals surface area (Å²) in [5.41, 5.74) is 1.54. The van der Waals surface area contributed by atoms with Crippen molar-refractivity contribution in [1.29, 1.82) is 0 Å². The Morgan fingerprint density at radius 3 is 1.27 bits per heavy atom. The molecule has 1 aliphatic rings. The number of hydrogen-bond donors (Lipinski definition) is 0. The molecule has 1 aliphatic heterocycles. The van der Waals surface area contributed by atoms with Crippen LogP contribution in [0.1, 0.15) is 193 Å². The predicted molar refractivity (Wildman–Crippen MR) is 219 cm³/mol. The highest BCUT2D eigenvalue weighted by Gasteiger charge is 2.11. The van der Waals surface area contributed by atoms with Crippen LogP contribution >= 0.6 is 0 Å². The second-order valence-corrected chi connectivity index (χ2v) is 15.5. The van der Waals surface area contributed by atoms with Crippen LogP contribution in [0.15, 0.2) is 48.1 Å². The molecule has 0 bridgehead atoms. The molecule has 1 atom stereocenters. The Labute approximate surface area is 307 Å². The van der Waals surface area contributed by atoms with Crippen LogP contribution in [-0.4, -0.2) is 52.0 Å². The molecule has 0 aliphatic carbocycles. The van der Waals surface area contributed by atoms with Crippen LogP contribution in [0.4, 0.5) is 0 Å². The molecular weight excluding hydrogens is 599 g/mol. The first-order chi connectivity index (χ1) is 24.2. The molecule has 0 aromatic heterocycles. The van der Waals surface area contributed by atoms with Crippen LogP contribution in [0.3, 0.4) is 0 Å². The van der Waals surface area contributed by atoms with Gasteiger partial charge in [0.25, 0.3) is 0 Å². The van der Waals surface area contributed by atoms with Gasteiger partial charge in [0.15, 0.2) is 0 Å².